The van der Waals surface area contributed by atoms with Crippen LogP contribution < -0.4 is 5.73 Å². The molecule has 61 valence electrons. The molecule has 1 radical (unpaired) electrons. The number of hydrogen-bond donors (Lipinski definition) is 1. The van der Waals surface area contributed by atoms with E-state index in [1.54, 1.807) is 0 Å². The molecular formula is C8H18NO. The molecule has 0 saturated carbocycles. The fourth-order valence-corrected chi connectivity index (χ4v) is 0.659. The molecule has 0 unspecified atom stereocenters. The molecule has 0 aromatic carbocycles. The summed E-state index contributed by atoms with van der Waals surface area (Å²) in [7, 11) is 0. The van der Waals surface area contributed by atoms with Crippen molar-refractivity contribution < 1.29 is 4.74 Å². The van der Waals surface area contributed by atoms with Crippen LogP contribution in [0.4, 0.5) is 0 Å². The van der Waals surface area contributed by atoms with Crippen LogP contribution in [0.1, 0.15) is 27.2 Å². The molecule has 2 heteroatoms. The predicted molar refractivity (Wildman–Crippen MR) is 43.7 cm³/mol. The maximum absolute atomic E-state index is 5.71. The Morgan fingerprint density at radius 3 is 2.50 bits per heavy atom. The maximum atomic E-state index is 5.71. The Bertz CT molecular complexity index is 75.8. The van der Waals surface area contributed by atoms with Crippen molar-refractivity contribution in [3.63, 3.8) is 0 Å². The largest absolute Gasteiger partial charge is 0.382 e. The molecule has 0 aromatic heterocycles. The van der Waals surface area contributed by atoms with Gasteiger partial charge in [0.25, 0.3) is 0 Å². The zero-order valence-electron chi connectivity index (χ0n) is 7.18. The highest BCUT2D eigenvalue weighted by Gasteiger charge is 2.09. The minimum atomic E-state index is -0.156. The molecule has 0 aliphatic rings. The second-order valence-electron chi connectivity index (χ2n) is 3.01. The van der Waals surface area contributed by atoms with Gasteiger partial charge < -0.3 is 10.5 Å². The highest BCUT2D eigenvalue weighted by atomic mass is 16.5. The van der Waals surface area contributed by atoms with Gasteiger partial charge in [-0.05, 0) is 33.6 Å². The van der Waals surface area contributed by atoms with Crippen molar-refractivity contribution >= 4 is 0 Å². The van der Waals surface area contributed by atoms with E-state index in [1.165, 1.54) is 0 Å². The van der Waals surface area contributed by atoms with Gasteiger partial charge in [-0.3, -0.25) is 0 Å². The first-order valence-corrected chi connectivity index (χ1v) is 3.77. The van der Waals surface area contributed by atoms with Crippen molar-refractivity contribution in [3.8, 4) is 0 Å². The van der Waals surface area contributed by atoms with Gasteiger partial charge in [-0.2, -0.15) is 0 Å². The fraction of sp³-hybridized carbons (Fsp3) is 0.875. The maximum Gasteiger partial charge on any atom is 0.0469 e. The third kappa shape index (κ3) is 7.92. The molecule has 0 heterocycles. The average Bonchev–Trinajstić information content (AvgIpc) is 1.78. The van der Waals surface area contributed by atoms with Crippen LogP contribution in [0.15, 0.2) is 0 Å². The third-order valence-electron chi connectivity index (χ3n) is 1.14. The van der Waals surface area contributed by atoms with E-state index in [9.17, 15) is 0 Å². The number of nitrogens with two attached hydrogens (primary N) is 1. The van der Waals surface area contributed by atoms with Gasteiger partial charge >= 0.3 is 0 Å². The van der Waals surface area contributed by atoms with Crippen molar-refractivity contribution in [2.45, 2.75) is 32.7 Å². The molecule has 0 bridgehead atoms. The van der Waals surface area contributed by atoms with Gasteiger partial charge in [0.2, 0.25) is 0 Å². The standard InChI is InChI=1S/C8H18NO/c1-4-10-7-5-6-8(2,3)9/h6H,4-5,7,9H2,1-3H3. The van der Waals surface area contributed by atoms with E-state index in [-0.39, 0.29) is 5.54 Å². The molecule has 2 nitrogen and oxygen atoms in total. The van der Waals surface area contributed by atoms with Crippen LogP contribution in [-0.2, 0) is 4.74 Å². The summed E-state index contributed by atoms with van der Waals surface area (Å²) in [5.41, 5.74) is 5.55. The lowest BCUT2D eigenvalue weighted by Gasteiger charge is -2.16. The summed E-state index contributed by atoms with van der Waals surface area (Å²) in [5.74, 6) is 0. The lowest BCUT2D eigenvalue weighted by atomic mass is 10.0. The Balaban J connectivity index is 3.04. The van der Waals surface area contributed by atoms with E-state index in [4.69, 9.17) is 10.5 Å². The Kier molecular flexibility index (Phi) is 4.65. The molecule has 2 N–H and O–H groups in total. The zero-order chi connectivity index (χ0) is 8.04. The second-order valence-corrected chi connectivity index (χ2v) is 3.01. The summed E-state index contributed by atoms with van der Waals surface area (Å²) in [6.45, 7) is 7.54. The first kappa shape index (κ1) is 9.92. The molecule has 0 fully saturated rings. The summed E-state index contributed by atoms with van der Waals surface area (Å²) >= 11 is 0. The van der Waals surface area contributed by atoms with Crippen molar-refractivity contribution in [3.05, 3.63) is 6.42 Å². The minimum Gasteiger partial charge on any atom is -0.382 e. The van der Waals surface area contributed by atoms with Crippen LogP contribution in [0.5, 0.6) is 0 Å². The summed E-state index contributed by atoms with van der Waals surface area (Å²) in [4.78, 5) is 0. The van der Waals surface area contributed by atoms with Gasteiger partial charge in [-0.1, -0.05) is 0 Å². The lowest BCUT2D eigenvalue weighted by Crippen LogP contribution is -2.32. The smallest absolute Gasteiger partial charge is 0.0469 e. The number of rotatable bonds is 5. The van der Waals surface area contributed by atoms with Crippen LogP contribution >= 0.6 is 0 Å². The minimum absolute atomic E-state index is 0.156. The van der Waals surface area contributed by atoms with Crippen molar-refractivity contribution in [1.29, 1.82) is 0 Å². The molecule has 0 aliphatic carbocycles. The predicted octanol–water partition coefficient (Wildman–Crippen LogP) is 1.35. The van der Waals surface area contributed by atoms with Gasteiger partial charge in [0.15, 0.2) is 0 Å². The van der Waals surface area contributed by atoms with Crippen molar-refractivity contribution in [2.24, 2.45) is 5.73 Å². The van der Waals surface area contributed by atoms with Gasteiger partial charge in [0.1, 0.15) is 0 Å². The number of ether oxygens (including phenoxy) is 1. The Morgan fingerprint density at radius 2 is 2.10 bits per heavy atom. The van der Waals surface area contributed by atoms with Crippen LogP contribution in [0, 0.1) is 6.42 Å². The molecule has 0 amide bonds. The van der Waals surface area contributed by atoms with E-state index in [0.29, 0.717) is 0 Å². The van der Waals surface area contributed by atoms with Crippen molar-refractivity contribution in [1.82, 2.24) is 0 Å². The fourth-order valence-electron chi connectivity index (χ4n) is 0.659. The van der Waals surface area contributed by atoms with Gasteiger partial charge in [-0.15, -0.1) is 0 Å². The van der Waals surface area contributed by atoms with Crippen LogP contribution in [0.3, 0.4) is 0 Å². The normalized spacial score (nSPS) is 12.0. The van der Waals surface area contributed by atoms with E-state index in [1.807, 2.05) is 20.8 Å². The lowest BCUT2D eigenvalue weighted by molar-refractivity contribution is 0.148. The second kappa shape index (κ2) is 4.69. The molecule has 0 rings (SSSR count). The Labute approximate surface area is 63.7 Å². The summed E-state index contributed by atoms with van der Waals surface area (Å²) in [6, 6.07) is 0. The Hall–Kier alpha value is -0.0800. The van der Waals surface area contributed by atoms with E-state index in [2.05, 4.69) is 6.42 Å². The summed E-state index contributed by atoms with van der Waals surface area (Å²) in [5, 5.41) is 0. The molecule has 10 heavy (non-hydrogen) atoms. The first-order chi connectivity index (χ1) is 4.56. The molecule has 0 atom stereocenters. The molecule has 0 aliphatic heterocycles. The van der Waals surface area contributed by atoms with Gasteiger partial charge in [0, 0.05) is 18.8 Å². The molecular weight excluding hydrogens is 126 g/mol. The average molecular weight is 144 g/mol. The SMILES string of the molecule is CCOCC[CH]C(C)(C)N. The van der Waals surface area contributed by atoms with Crippen LogP contribution in [-0.4, -0.2) is 18.8 Å². The monoisotopic (exact) mass is 144 g/mol. The topological polar surface area (TPSA) is 35.2 Å². The summed E-state index contributed by atoms with van der Waals surface area (Å²) in [6.07, 6.45) is 3.01. The zero-order valence-corrected chi connectivity index (χ0v) is 7.18. The van der Waals surface area contributed by atoms with Gasteiger partial charge in [0.05, 0.1) is 0 Å². The molecule has 0 saturated heterocycles. The summed E-state index contributed by atoms with van der Waals surface area (Å²) < 4.78 is 5.14. The van der Waals surface area contributed by atoms with Gasteiger partial charge in [-0.25, -0.2) is 0 Å². The third-order valence-corrected chi connectivity index (χ3v) is 1.14. The number of hydrogen-bond acceptors (Lipinski definition) is 2. The van der Waals surface area contributed by atoms with E-state index >= 15 is 0 Å². The molecule has 0 spiro atoms. The Morgan fingerprint density at radius 1 is 1.50 bits per heavy atom. The quantitative estimate of drug-likeness (QED) is 0.591. The van der Waals surface area contributed by atoms with Crippen molar-refractivity contribution in [2.75, 3.05) is 13.2 Å². The molecule has 0 aromatic rings. The van der Waals surface area contributed by atoms with Crippen LogP contribution in [0.2, 0.25) is 0 Å². The van der Waals surface area contributed by atoms with E-state index < -0.39 is 0 Å². The highest BCUT2D eigenvalue weighted by Crippen LogP contribution is 2.04. The first-order valence-electron chi connectivity index (χ1n) is 3.77. The highest BCUT2D eigenvalue weighted by molar-refractivity contribution is 4.88. The van der Waals surface area contributed by atoms with E-state index in [0.717, 1.165) is 19.6 Å². The van der Waals surface area contributed by atoms with Crippen LogP contribution in [0.25, 0.3) is 0 Å².